The Bertz CT molecular complexity index is 459. The van der Waals surface area contributed by atoms with Crippen molar-refractivity contribution in [2.45, 2.75) is 19.4 Å². The lowest BCUT2D eigenvalue weighted by atomic mass is 10.1. The Hall–Kier alpha value is -1.12. The molecule has 88 valence electrons. The zero-order chi connectivity index (χ0) is 12.3. The van der Waals surface area contributed by atoms with Gasteiger partial charge in [-0.3, -0.25) is 0 Å². The molecule has 0 atom stereocenters. The second-order valence-electron chi connectivity index (χ2n) is 3.34. The Morgan fingerprint density at radius 1 is 1.69 bits per heavy atom. The molecule has 1 aromatic rings. The van der Waals surface area contributed by atoms with E-state index in [9.17, 15) is 18.5 Å². The Morgan fingerprint density at radius 2 is 2.31 bits per heavy atom. The summed E-state index contributed by atoms with van der Waals surface area (Å²) in [6.45, 7) is 2.95. The molecule has 0 aliphatic rings. The van der Waals surface area contributed by atoms with Crippen LogP contribution < -0.4 is 4.74 Å². The maximum Gasteiger partial charge on any atom is 0.453 e. The van der Waals surface area contributed by atoms with E-state index in [0.29, 0.717) is 4.88 Å². The molecule has 0 spiro atoms. The van der Waals surface area contributed by atoms with Gasteiger partial charge in [-0.25, -0.2) is 9.18 Å². The fourth-order valence-electron chi connectivity index (χ4n) is 0.852. The van der Waals surface area contributed by atoms with E-state index in [1.807, 2.05) is 0 Å². The van der Waals surface area contributed by atoms with Gasteiger partial charge in [-0.05, 0) is 19.9 Å². The van der Waals surface area contributed by atoms with Crippen LogP contribution in [0.1, 0.15) is 18.7 Å². The van der Waals surface area contributed by atoms with Crippen LogP contribution in [0.5, 0.6) is 5.06 Å². The molecule has 0 unspecified atom stereocenters. The van der Waals surface area contributed by atoms with Gasteiger partial charge in [0.1, 0.15) is 0 Å². The van der Waals surface area contributed by atoms with Gasteiger partial charge in [0, 0.05) is 4.88 Å². The third-order valence-electron chi connectivity index (χ3n) is 1.55. The van der Waals surface area contributed by atoms with E-state index >= 15 is 0 Å². The van der Waals surface area contributed by atoms with Crippen LogP contribution in [0.15, 0.2) is 10.4 Å². The molecule has 0 saturated heterocycles. The third-order valence-corrected chi connectivity index (χ3v) is 3.07. The number of thiophene rings is 1. The minimum absolute atomic E-state index is 0.308. The second kappa shape index (κ2) is 4.81. The molecule has 1 N–H and O–H groups in total. The maximum absolute atomic E-state index is 13.2. The molecule has 8 heteroatoms. The lowest BCUT2D eigenvalue weighted by Gasteiger charge is -2.13. The molecule has 0 aromatic carbocycles. The number of aliphatic hydroxyl groups is 1. The zero-order valence-corrected chi connectivity index (χ0v) is 10.0. The van der Waals surface area contributed by atoms with E-state index in [1.165, 1.54) is 13.8 Å². The minimum Gasteiger partial charge on any atom is -0.394 e. The van der Waals surface area contributed by atoms with Crippen molar-refractivity contribution in [1.29, 1.82) is 0 Å². The predicted octanol–water partition coefficient (Wildman–Crippen LogP) is 2.01. The molecule has 0 bridgehead atoms. The lowest BCUT2D eigenvalue weighted by molar-refractivity contribution is 0.0823. The molecule has 0 saturated carbocycles. The van der Waals surface area contributed by atoms with Crippen LogP contribution in [0.3, 0.4) is 0 Å². The smallest absolute Gasteiger partial charge is 0.394 e. The number of rotatable bonds is 2. The van der Waals surface area contributed by atoms with Crippen LogP contribution in [0.2, 0.25) is 0 Å². The van der Waals surface area contributed by atoms with Crippen LogP contribution in [-0.4, -0.2) is 15.4 Å². The van der Waals surface area contributed by atoms with Crippen LogP contribution in [0.25, 0.3) is 0 Å². The van der Waals surface area contributed by atoms with Crippen molar-refractivity contribution in [2.75, 3.05) is 0 Å². The first kappa shape index (κ1) is 12.9. The molecule has 5 nitrogen and oxygen atoms in total. The SMILES string of the molecule is CC(C)(O)c1cc(F)c(OC(=O)N=S=O)s1. The highest BCUT2D eigenvalue weighted by Crippen LogP contribution is 2.35. The number of amides is 1. The van der Waals surface area contributed by atoms with Gasteiger partial charge in [-0.1, -0.05) is 15.7 Å². The zero-order valence-electron chi connectivity index (χ0n) is 8.39. The Kier molecular flexibility index (Phi) is 3.89. The van der Waals surface area contributed by atoms with Crippen molar-refractivity contribution in [3.63, 3.8) is 0 Å². The molecule has 0 aliphatic carbocycles. The fraction of sp³-hybridized carbons (Fsp3) is 0.375. The minimum atomic E-state index is -1.22. The highest BCUT2D eigenvalue weighted by atomic mass is 32.1. The van der Waals surface area contributed by atoms with Gasteiger partial charge in [0.2, 0.25) is 16.5 Å². The van der Waals surface area contributed by atoms with Crippen molar-refractivity contribution in [1.82, 2.24) is 0 Å². The number of halogens is 1. The molecule has 0 radical (unpaired) electrons. The lowest BCUT2D eigenvalue weighted by Crippen LogP contribution is -2.12. The van der Waals surface area contributed by atoms with Gasteiger partial charge in [0.05, 0.1) is 5.60 Å². The Balaban J connectivity index is 2.95. The molecule has 0 aliphatic heterocycles. The largest absolute Gasteiger partial charge is 0.453 e. The fourth-order valence-corrected chi connectivity index (χ4v) is 1.83. The molecule has 1 aromatic heterocycles. The average molecular weight is 265 g/mol. The van der Waals surface area contributed by atoms with Gasteiger partial charge in [-0.2, -0.15) is 4.21 Å². The first-order valence-corrected chi connectivity index (χ1v) is 5.60. The highest BCUT2D eigenvalue weighted by molar-refractivity contribution is 7.55. The van der Waals surface area contributed by atoms with Crippen LogP contribution in [0, 0.1) is 5.82 Å². The first-order valence-electron chi connectivity index (χ1n) is 4.08. The quantitative estimate of drug-likeness (QED) is 0.887. The summed E-state index contributed by atoms with van der Waals surface area (Å²) in [5, 5.41) is 9.27. The summed E-state index contributed by atoms with van der Waals surface area (Å²) in [7, 11) is 0. The maximum atomic E-state index is 13.2. The topological polar surface area (TPSA) is 76.0 Å². The number of hydrogen-bond acceptors (Lipinski definition) is 5. The van der Waals surface area contributed by atoms with Gasteiger partial charge in [-0.15, -0.1) is 0 Å². The summed E-state index contributed by atoms with van der Waals surface area (Å²) >= 11 is 0.462. The van der Waals surface area contributed by atoms with Gasteiger partial charge < -0.3 is 9.84 Å². The number of hydrogen-bond donors (Lipinski definition) is 1. The number of carbonyl (C=O) groups excluding carboxylic acids is 1. The Morgan fingerprint density at radius 3 is 2.75 bits per heavy atom. The predicted molar refractivity (Wildman–Crippen MR) is 56.1 cm³/mol. The van der Waals surface area contributed by atoms with E-state index in [-0.39, 0.29) is 16.5 Å². The van der Waals surface area contributed by atoms with Crippen LogP contribution >= 0.6 is 11.3 Å². The number of ether oxygens (including phenoxy) is 1. The summed E-state index contributed by atoms with van der Waals surface area (Å²) < 4.78 is 30.4. The van der Waals surface area contributed by atoms with Gasteiger partial charge in [0.15, 0.2) is 5.82 Å². The molecular formula is C8H8FNO4S2. The average Bonchev–Trinajstić information content (AvgIpc) is 2.47. The van der Waals surface area contributed by atoms with E-state index < -0.39 is 17.5 Å². The molecule has 16 heavy (non-hydrogen) atoms. The van der Waals surface area contributed by atoms with Gasteiger partial charge >= 0.3 is 6.09 Å². The highest BCUT2D eigenvalue weighted by Gasteiger charge is 2.23. The molecular weight excluding hydrogens is 257 g/mol. The van der Waals surface area contributed by atoms with Crippen molar-refractivity contribution in [3.05, 3.63) is 16.8 Å². The van der Waals surface area contributed by atoms with E-state index in [2.05, 4.69) is 9.10 Å². The molecule has 0 fully saturated rings. The molecule has 1 rings (SSSR count). The Labute approximate surface area is 98.1 Å². The van der Waals surface area contributed by atoms with E-state index in [1.54, 1.807) is 0 Å². The second-order valence-corrected chi connectivity index (χ2v) is 4.69. The summed E-state index contributed by atoms with van der Waals surface area (Å²) in [6, 6.07) is 1.07. The van der Waals surface area contributed by atoms with E-state index in [4.69, 9.17) is 0 Å². The number of carbonyl (C=O) groups is 1. The standard InChI is InChI=1S/C8H8FNO4S2/c1-8(2,12)5-3-4(9)6(15-5)14-7(11)10-16-13/h3,12H,1-2H3. The first-order chi connectivity index (χ1) is 7.34. The van der Waals surface area contributed by atoms with Crippen LogP contribution in [0.4, 0.5) is 9.18 Å². The van der Waals surface area contributed by atoms with Crippen molar-refractivity contribution in [2.24, 2.45) is 4.36 Å². The number of nitrogens with zero attached hydrogens (tertiary/aromatic N) is 1. The third kappa shape index (κ3) is 3.19. The summed E-state index contributed by atoms with van der Waals surface area (Å²) in [5.74, 6) is -0.776. The summed E-state index contributed by atoms with van der Waals surface area (Å²) in [4.78, 5) is 11.1. The van der Waals surface area contributed by atoms with Crippen LogP contribution in [-0.2, 0) is 17.1 Å². The molecule has 1 amide bonds. The summed E-state index contributed by atoms with van der Waals surface area (Å²) in [6.07, 6.45) is -1.18. The molecule has 1 heterocycles. The van der Waals surface area contributed by atoms with Crippen molar-refractivity contribution >= 4 is 28.9 Å². The van der Waals surface area contributed by atoms with Gasteiger partial charge in [0.25, 0.3) is 0 Å². The monoisotopic (exact) mass is 265 g/mol. The van der Waals surface area contributed by atoms with E-state index in [0.717, 1.165) is 17.4 Å². The van der Waals surface area contributed by atoms with Crippen molar-refractivity contribution in [3.8, 4) is 5.06 Å². The normalized spacial score (nSPS) is 11.0. The summed E-state index contributed by atoms with van der Waals surface area (Å²) in [5.41, 5.74) is -1.22. The van der Waals surface area contributed by atoms with Crippen molar-refractivity contribution < 1.29 is 23.2 Å².